The first kappa shape index (κ1) is 21.4. The number of halogens is 6. The van der Waals surface area contributed by atoms with E-state index in [1.54, 1.807) is 0 Å². The van der Waals surface area contributed by atoms with E-state index in [9.17, 15) is 43.2 Å². The molecule has 1 saturated heterocycles. The molecule has 0 aromatic rings. The molecule has 1 unspecified atom stereocenters. The van der Waals surface area contributed by atoms with E-state index < -0.39 is 31.1 Å². The predicted octanol–water partition coefficient (Wildman–Crippen LogP) is -0.399. The fourth-order valence-electron chi connectivity index (χ4n) is 1.10. The van der Waals surface area contributed by atoms with Gasteiger partial charge >= 0.3 is 11.0 Å². The van der Waals surface area contributed by atoms with Crippen molar-refractivity contribution in [3.05, 3.63) is 4.13 Å². The molecule has 1 rings (SSSR count). The third-order valence-corrected chi connectivity index (χ3v) is 4.88. The Balaban J connectivity index is 0.000000518. The van der Waals surface area contributed by atoms with E-state index in [2.05, 4.69) is 17.6 Å². The van der Waals surface area contributed by atoms with Gasteiger partial charge in [0, 0.05) is 13.1 Å². The summed E-state index contributed by atoms with van der Waals surface area (Å²) in [6.07, 6.45) is 0. The van der Waals surface area contributed by atoms with Crippen LogP contribution in [0.4, 0.5) is 26.3 Å². The first-order valence-electron chi connectivity index (χ1n) is 5.51. The Labute approximate surface area is 122 Å². The monoisotopic (exact) mass is 381 g/mol. The number of nitrogens with zero attached hydrogens (tertiary/aromatic N) is 1. The van der Waals surface area contributed by atoms with E-state index in [0.29, 0.717) is 0 Å². The molecule has 3 N–H and O–H groups in total. The Morgan fingerprint density at radius 2 is 1.41 bits per heavy atom. The first-order valence-corrected chi connectivity index (χ1v) is 8.39. The van der Waals surface area contributed by atoms with Gasteiger partial charge in [0.2, 0.25) is 0 Å². The fraction of sp³-hybridized carbons (Fsp3) is 1.00. The maximum atomic E-state index is 11.4. The van der Waals surface area contributed by atoms with Gasteiger partial charge < -0.3 is 14.8 Å². The summed E-state index contributed by atoms with van der Waals surface area (Å²) < 4.78 is 109. The first-order chi connectivity index (χ1) is 9.60. The molecule has 1 aliphatic heterocycles. The van der Waals surface area contributed by atoms with Crippen molar-refractivity contribution in [2.24, 2.45) is 0 Å². The highest BCUT2D eigenvalue weighted by Crippen LogP contribution is 2.36. The van der Waals surface area contributed by atoms with Crippen molar-refractivity contribution in [1.29, 1.82) is 0 Å². The van der Waals surface area contributed by atoms with Crippen molar-refractivity contribution < 1.29 is 48.5 Å². The average Bonchev–Trinajstić information content (AvgIpc) is 2.26. The summed E-state index contributed by atoms with van der Waals surface area (Å²) in [4.78, 5) is 0. The van der Waals surface area contributed by atoms with E-state index in [-0.39, 0.29) is 0 Å². The van der Waals surface area contributed by atoms with Crippen LogP contribution in [0.25, 0.3) is 4.13 Å². The van der Waals surface area contributed by atoms with Crippen molar-refractivity contribution in [2.45, 2.75) is 24.0 Å². The Morgan fingerprint density at radius 3 is 1.59 bits per heavy atom. The second-order valence-corrected chi connectivity index (χ2v) is 7.54. The van der Waals surface area contributed by atoms with Crippen LogP contribution in [0.15, 0.2) is 0 Å². The molecule has 0 aromatic carbocycles. The highest BCUT2D eigenvalue weighted by atomic mass is 32.3. The topological polar surface area (TPSA) is 111 Å². The molecule has 0 saturated carbocycles. The summed E-state index contributed by atoms with van der Waals surface area (Å²) in [6.45, 7) is 5.86. The molecule has 1 aliphatic rings. The molecule has 0 spiro atoms. The van der Waals surface area contributed by atoms with Crippen molar-refractivity contribution in [1.82, 2.24) is 5.32 Å². The van der Waals surface area contributed by atoms with Crippen LogP contribution in [-0.2, 0) is 20.0 Å². The molecule has 1 fully saturated rings. The molecule has 1 atom stereocenters. The van der Waals surface area contributed by atoms with Crippen LogP contribution >= 0.6 is 0 Å². The van der Waals surface area contributed by atoms with Gasteiger partial charge in [-0.15, -0.1) is 0 Å². The van der Waals surface area contributed by atoms with Gasteiger partial charge in [0.05, 0.1) is 12.6 Å². The summed E-state index contributed by atoms with van der Waals surface area (Å²) in [7, 11) is -13.4. The van der Waals surface area contributed by atoms with Crippen molar-refractivity contribution >= 4 is 20.0 Å². The highest BCUT2D eigenvalue weighted by molar-refractivity contribution is 8.13. The third-order valence-electron chi connectivity index (χ3n) is 2.14. The normalized spacial score (nSPS) is 21.0. The molecule has 1 heterocycles. The number of hydrogen-bond acceptors (Lipinski definition) is 5. The zero-order valence-electron chi connectivity index (χ0n) is 10.9. The van der Waals surface area contributed by atoms with Crippen LogP contribution in [0.2, 0.25) is 0 Å². The third kappa shape index (κ3) is 6.64. The number of nitrogens with one attached hydrogen (secondary N) is 1. The predicted molar refractivity (Wildman–Crippen MR) is 62.4 cm³/mol. The van der Waals surface area contributed by atoms with Crippen LogP contribution in [0.3, 0.4) is 0 Å². The summed E-state index contributed by atoms with van der Waals surface area (Å²) in [5.41, 5.74) is -12.4. The number of hydrogen-bond donors (Lipinski definition) is 2. The van der Waals surface area contributed by atoms with Crippen LogP contribution < -0.4 is 10.6 Å². The van der Waals surface area contributed by atoms with E-state index in [0.717, 1.165) is 10.2 Å². The van der Waals surface area contributed by atoms with Crippen LogP contribution in [0, 0.1) is 0 Å². The standard InChI is InChI=1S/C5H12N2.C2F6NO4S2/c1-5-4-6-2-3-7-5;3-1(4,5)14(10,11)9-15(12,13)2(6,7)8/h5-7H,2-4H2,1H3;/q;-1/p+1. The molecule has 0 bridgehead atoms. The Bertz CT molecular complexity index is 508. The van der Waals surface area contributed by atoms with Gasteiger partial charge in [-0.25, -0.2) is 16.8 Å². The molecule has 22 heavy (non-hydrogen) atoms. The second kappa shape index (κ2) is 7.29. The van der Waals surface area contributed by atoms with Gasteiger partial charge in [0.25, 0.3) is 0 Å². The van der Waals surface area contributed by atoms with E-state index in [1.807, 2.05) is 0 Å². The van der Waals surface area contributed by atoms with Gasteiger partial charge in [-0.2, -0.15) is 26.3 Å². The molecule has 15 heteroatoms. The summed E-state index contributed by atoms with van der Waals surface area (Å²) >= 11 is 0. The zero-order chi connectivity index (χ0) is 17.8. The fourth-order valence-corrected chi connectivity index (χ4v) is 2.81. The smallest absolute Gasteiger partial charge is 0.421 e. The molecule has 7 nitrogen and oxygen atoms in total. The summed E-state index contributed by atoms with van der Waals surface area (Å²) in [5, 5.41) is 5.67. The summed E-state index contributed by atoms with van der Waals surface area (Å²) in [6, 6.07) is 0.800. The van der Waals surface area contributed by atoms with Gasteiger partial charge in [-0.1, -0.05) is 0 Å². The van der Waals surface area contributed by atoms with Crippen molar-refractivity contribution in [3.8, 4) is 0 Å². The maximum absolute atomic E-state index is 11.4. The Morgan fingerprint density at radius 1 is 1.00 bits per heavy atom. The average molecular weight is 381 g/mol. The minimum atomic E-state index is -6.72. The number of sulfonamides is 2. The zero-order valence-corrected chi connectivity index (χ0v) is 12.6. The van der Waals surface area contributed by atoms with Crippen molar-refractivity contribution in [2.75, 3.05) is 19.6 Å². The van der Waals surface area contributed by atoms with Crippen LogP contribution in [0.1, 0.15) is 6.92 Å². The van der Waals surface area contributed by atoms with Crippen molar-refractivity contribution in [3.63, 3.8) is 0 Å². The van der Waals surface area contributed by atoms with Gasteiger partial charge in [0.15, 0.2) is 20.0 Å². The van der Waals surface area contributed by atoms with Crippen LogP contribution in [0.5, 0.6) is 0 Å². The number of piperazine rings is 1. The number of rotatable bonds is 2. The number of nitrogens with two attached hydrogens (primary N) is 1. The number of quaternary nitrogens is 1. The molecular formula is C7H13F6N3O4S2. The van der Waals surface area contributed by atoms with E-state index in [1.165, 1.54) is 19.6 Å². The largest absolute Gasteiger partial charge is 0.480 e. The minimum Gasteiger partial charge on any atom is -0.421 e. The van der Waals surface area contributed by atoms with Gasteiger partial charge in [0.1, 0.15) is 0 Å². The number of alkyl halides is 6. The van der Waals surface area contributed by atoms with Crippen LogP contribution in [-0.4, -0.2) is 53.5 Å². The Kier molecular flexibility index (Phi) is 7.08. The minimum absolute atomic E-state index is 0.778. The molecule has 0 aromatic heterocycles. The lowest BCUT2D eigenvalue weighted by Crippen LogP contribution is -2.94. The maximum Gasteiger partial charge on any atom is 0.480 e. The SMILES string of the molecule is CC1CNCC[NH2+]1.O=S(=O)([N-]S(=O)(=O)C(F)(F)F)C(F)(F)F. The quantitative estimate of drug-likeness (QED) is 0.633. The van der Waals surface area contributed by atoms with Gasteiger partial charge in [-0.05, 0) is 6.92 Å². The van der Waals surface area contributed by atoms with E-state index >= 15 is 0 Å². The molecule has 0 amide bonds. The molecule has 0 aliphatic carbocycles. The lowest BCUT2D eigenvalue weighted by molar-refractivity contribution is -0.689. The van der Waals surface area contributed by atoms with Gasteiger partial charge in [-0.3, -0.25) is 0 Å². The second-order valence-electron chi connectivity index (χ2n) is 4.12. The molecular weight excluding hydrogens is 368 g/mol. The lowest BCUT2D eigenvalue weighted by atomic mass is 10.3. The summed E-state index contributed by atoms with van der Waals surface area (Å²) in [5.74, 6) is 0. The van der Waals surface area contributed by atoms with E-state index in [4.69, 9.17) is 0 Å². The molecule has 0 radical (unpaired) electrons. The molecule has 134 valence electrons. The highest BCUT2D eigenvalue weighted by Gasteiger charge is 2.46. The lowest BCUT2D eigenvalue weighted by Gasteiger charge is -2.22. The Hall–Kier alpha value is -0.640.